The molecule has 0 saturated heterocycles. The summed E-state index contributed by atoms with van der Waals surface area (Å²) in [5, 5.41) is 3.19. The maximum Gasteiger partial charge on any atom is 0.323 e. The van der Waals surface area contributed by atoms with Crippen LogP contribution in [0.25, 0.3) is 0 Å². The normalized spacial score (nSPS) is 18.5. The van der Waals surface area contributed by atoms with Gasteiger partial charge in [-0.3, -0.25) is 4.79 Å². The summed E-state index contributed by atoms with van der Waals surface area (Å²) in [7, 11) is 1.59. The Morgan fingerprint density at radius 1 is 1.35 bits per heavy atom. The molecule has 0 amide bonds. The zero-order valence-corrected chi connectivity index (χ0v) is 9.94. The number of fused-ring (bicyclic) bond motifs is 1. The lowest BCUT2D eigenvalue weighted by Crippen LogP contribution is -2.43. The van der Waals surface area contributed by atoms with Crippen molar-refractivity contribution in [1.82, 2.24) is 5.32 Å². The van der Waals surface area contributed by atoms with E-state index >= 15 is 0 Å². The molecule has 0 saturated carbocycles. The lowest BCUT2D eigenvalue weighted by Gasteiger charge is -2.24. The molecule has 1 heterocycles. The fraction of sp³-hybridized carbons (Fsp3) is 0.462. The van der Waals surface area contributed by atoms with Gasteiger partial charge in [0, 0.05) is 13.7 Å². The van der Waals surface area contributed by atoms with E-state index in [9.17, 15) is 4.79 Å². The first-order valence-corrected chi connectivity index (χ1v) is 5.77. The van der Waals surface area contributed by atoms with E-state index in [-0.39, 0.29) is 12.0 Å². The van der Waals surface area contributed by atoms with Crippen molar-refractivity contribution in [2.24, 2.45) is 0 Å². The highest BCUT2D eigenvalue weighted by Gasteiger charge is 2.24. The van der Waals surface area contributed by atoms with Crippen molar-refractivity contribution in [3.8, 4) is 0 Å². The first-order valence-electron chi connectivity index (χ1n) is 5.77. The van der Waals surface area contributed by atoms with Crippen LogP contribution in [0, 0.1) is 0 Å². The number of rotatable bonds is 4. The van der Waals surface area contributed by atoms with Crippen molar-refractivity contribution < 1.29 is 14.3 Å². The van der Waals surface area contributed by atoms with Gasteiger partial charge in [0.25, 0.3) is 0 Å². The van der Waals surface area contributed by atoms with Gasteiger partial charge in [-0.05, 0) is 17.5 Å². The molecule has 1 aromatic carbocycles. The number of methoxy groups -OCH3 is 1. The first kappa shape index (κ1) is 12.1. The minimum absolute atomic E-state index is 0.198. The van der Waals surface area contributed by atoms with E-state index in [0.717, 1.165) is 6.54 Å². The van der Waals surface area contributed by atoms with Crippen LogP contribution in [0.3, 0.4) is 0 Å². The van der Waals surface area contributed by atoms with Gasteiger partial charge in [0.1, 0.15) is 12.6 Å². The van der Waals surface area contributed by atoms with Crippen LogP contribution < -0.4 is 5.32 Å². The standard InChI is InChI=1S/C13H17NO3/c1-16-6-7-17-13(15)12-8-10-4-2-3-5-11(10)9-14-12/h2-5,12,14H,6-9H2,1H3. The Balaban J connectivity index is 1.91. The number of carbonyl (C=O) groups is 1. The van der Waals surface area contributed by atoms with Crippen molar-refractivity contribution in [2.75, 3.05) is 20.3 Å². The summed E-state index contributed by atoms with van der Waals surface area (Å²) in [5.74, 6) is -0.198. The Morgan fingerprint density at radius 3 is 2.88 bits per heavy atom. The molecule has 1 unspecified atom stereocenters. The van der Waals surface area contributed by atoms with Crippen LogP contribution in [0.4, 0.5) is 0 Å². The largest absolute Gasteiger partial charge is 0.462 e. The lowest BCUT2D eigenvalue weighted by atomic mass is 9.96. The summed E-state index contributed by atoms with van der Waals surface area (Å²) < 4.78 is 9.95. The molecule has 0 spiro atoms. The van der Waals surface area contributed by atoms with Gasteiger partial charge < -0.3 is 14.8 Å². The summed E-state index contributed by atoms with van der Waals surface area (Å²) in [6.07, 6.45) is 0.696. The molecule has 1 aliphatic rings. The third-order valence-electron chi connectivity index (χ3n) is 2.90. The topological polar surface area (TPSA) is 47.6 Å². The molecule has 17 heavy (non-hydrogen) atoms. The molecule has 1 aliphatic heterocycles. The molecule has 0 bridgehead atoms. The van der Waals surface area contributed by atoms with Crippen LogP contribution in [0.1, 0.15) is 11.1 Å². The van der Waals surface area contributed by atoms with Crippen molar-refractivity contribution in [1.29, 1.82) is 0 Å². The van der Waals surface area contributed by atoms with Crippen LogP contribution in [-0.2, 0) is 27.2 Å². The summed E-state index contributed by atoms with van der Waals surface area (Å²) >= 11 is 0. The molecule has 4 heteroatoms. The quantitative estimate of drug-likeness (QED) is 0.622. The van der Waals surface area contributed by atoms with Gasteiger partial charge in [-0.2, -0.15) is 0 Å². The highest BCUT2D eigenvalue weighted by atomic mass is 16.6. The van der Waals surface area contributed by atoms with E-state index in [0.29, 0.717) is 19.6 Å². The van der Waals surface area contributed by atoms with Gasteiger partial charge in [0.2, 0.25) is 0 Å². The number of hydrogen-bond acceptors (Lipinski definition) is 4. The molecule has 2 rings (SSSR count). The minimum atomic E-state index is -0.234. The smallest absolute Gasteiger partial charge is 0.323 e. The second-order valence-electron chi connectivity index (χ2n) is 4.07. The van der Waals surface area contributed by atoms with Gasteiger partial charge in [0.05, 0.1) is 6.61 Å². The zero-order chi connectivity index (χ0) is 12.1. The Labute approximate surface area is 101 Å². The predicted octanol–water partition coefficient (Wildman–Crippen LogP) is 0.890. The van der Waals surface area contributed by atoms with Crippen molar-refractivity contribution in [3.63, 3.8) is 0 Å². The highest BCUT2D eigenvalue weighted by Crippen LogP contribution is 2.16. The van der Waals surface area contributed by atoms with E-state index in [1.54, 1.807) is 7.11 Å². The molecule has 1 aromatic rings. The van der Waals surface area contributed by atoms with E-state index in [2.05, 4.69) is 17.4 Å². The number of ether oxygens (including phenoxy) is 2. The molecule has 1 N–H and O–H groups in total. The van der Waals surface area contributed by atoms with Crippen LogP contribution >= 0.6 is 0 Å². The number of carbonyl (C=O) groups excluding carboxylic acids is 1. The molecule has 0 fully saturated rings. The van der Waals surface area contributed by atoms with Gasteiger partial charge in [-0.15, -0.1) is 0 Å². The average molecular weight is 235 g/mol. The summed E-state index contributed by atoms with van der Waals surface area (Å²) in [4.78, 5) is 11.7. The summed E-state index contributed by atoms with van der Waals surface area (Å²) in [6.45, 7) is 1.48. The number of hydrogen-bond donors (Lipinski definition) is 1. The third-order valence-corrected chi connectivity index (χ3v) is 2.90. The number of esters is 1. The van der Waals surface area contributed by atoms with E-state index < -0.39 is 0 Å². The van der Waals surface area contributed by atoms with E-state index in [1.807, 2.05) is 12.1 Å². The van der Waals surface area contributed by atoms with Crippen LogP contribution in [0.2, 0.25) is 0 Å². The zero-order valence-electron chi connectivity index (χ0n) is 9.94. The van der Waals surface area contributed by atoms with Gasteiger partial charge in [-0.1, -0.05) is 24.3 Å². The van der Waals surface area contributed by atoms with Gasteiger partial charge in [0.15, 0.2) is 0 Å². The average Bonchev–Trinajstić information content (AvgIpc) is 2.38. The van der Waals surface area contributed by atoms with Crippen molar-refractivity contribution in [2.45, 2.75) is 19.0 Å². The maximum absolute atomic E-state index is 11.7. The second kappa shape index (κ2) is 5.80. The fourth-order valence-electron chi connectivity index (χ4n) is 1.95. The molecular weight excluding hydrogens is 218 g/mol. The number of benzene rings is 1. The third kappa shape index (κ3) is 3.05. The molecule has 0 aromatic heterocycles. The van der Waals surface area contributed by atoms with Crippen LogP contribution in [-0.4, -0.2) is 32.3 Å². The highest BCUT2D eigenvalue weighted by molar-refractivity contribution is 5.76. The molecule has 0 aliphatic carbocycles. The minimum Gasteiger partial charge on any atom is -0.462 e. The Hall–Kier alpha value is -1.39. The number of nitrogens with one attached hydrogen (secondary N) is 1. The summed E-state index contributed by atoms with van der Waals surface area (Å²) in [5.41, 5.74) is 2.48. The first-order chi connectivity index (χ1) is 8.31. The Bertz CT molecular complexity index is 392. The van der Waals surface area contributed by atoms with Crippen molar-refractivity contribution >= 4 is 5.97 Å². The molecular formula is C13H17NO3. The maximum atomic E-state index is 11.7. The predicted molar refractivity (Wildman–Crippen MR) is 63.6 cm³/mol. The van der Waals surface area contributed by atoms with Crippen LogP contribution in [0.15, 0.2) is 24.3 Å². The molecule has 92 valence electrons. The van der Waals surface area contributed by atoms with Gasteiger partial charge >= 0.3 is 5.97 Å². The SMILES string of the molecule is COCCOC(=O)C1Cc2ccccc2CN1. The Kier molecular flexibility index (Phi) is 4.12. The molecule has 0 radical (unpaired) electrons. The van der Waals surface area contributed by atoms with Crippen molar-refractivity contribution in [3.05, 3.63) is 35.4 Å². The monoisotopic (exact) mass is 235 g/mol. The lowest BCUT2D eigenvalue weighted by molar-refractivity contribution is -0.147. The summed E-state index contributed by atoms with van der Waals surface area (Å²) in [6, 6.07) is 7.91. The Morgan fingerprint density at radius 2 is 2.12 bits per heavy atom. The van der Waals surface area contributed by atoms with Gasteiger partial charge in [-0.25, -0.2) is 0 Å². The van der Waals surface area contributed by atoms with E-state index in [4.69, 9.17) is 9.47 Å². The molecule has 4 nitrogen and oxygen atoms in total. The fourth-order valence-corrected chi connectivity index (χ4v) is 1.95. The second-order valence-corrected chi connectivity index (χ2v) is 4.07. The van der Waals surface area contributed by atoms with E-state index in [1.165, 1.54) is 11.1 Å². The molecule has 1 atom stereocenters. The van der Waals surface area contributed by atoms with Crippen LogP contribution in [0.5, 0.6) is 0 Å².